The van der Waals surface area contributed by atoms with E-state index in [1.54, 1.807) is 0 Å². The Hall–Kier alpha value is -2.54. The lowest BCUT2D eigenvalue weighted by Gasteiger charge is -2.17. The predicted octanol–water partition coefficient (Wildman–Crippen LogP) is 3.74. The molecule has 7 heteroatoms. The van der Waals surface area contributed by atoms with Crippen molar-refractivity contribution in [2.45, 2.75) is 39.0 Å². The molecule has 1 aromatic carbocycles. The lowest BCUT2D eigenvalue weighted by atomic mass is 9.94. The highest BCUT2D eigenvalue weighted by Crippen LogP contribution is 2.27. The molecular formula is C20H24N4O2S. The summed E-state index contributed by atoms with van der Waals surface area (Å²) in [6.07, 6.45) is 7.27. The molecule has 1 aliphatic carbocycles. The summed E-state index contributed by atoms with van der Waals surface area (Å²) in [6, 6.07) is 8.11. The number of nitrogens with one attached hydrogen (secondary N) is 2. The van der Waals surface area contributed by atoms with Gasteiger partial charge in [-0.3, -0.25) is 14.9 Å². The Morgan fingerprint density at radius 1 is 1.15 bits per heavy atom. The molecule has 1 heterocycles. The monoisotopic (exact) mass is 384 g/mol. The second-order valence-electron chi connectivity index (χ2n) is 7.00. The number of anilines is 1. The first-order valence-electron chi connectivity index (χ1n) is 9.21. The van der Waals surface area contributed by atoms with Crippen LogP contribution >= 0.6 is 11.3 Å². The Kier molecular flexibility index (Phi) is 6.34. The zero-order valence-electron chi connectivity index (χ0n) is 15.6. The van der Waals surface area contributed by atoms with Crippen LogP contribution in [0.3, 0.4) is 0 Å². The Morgan fingerprint density at radius 3 is 2.59 bits per heavy atom. The van der Waals surface area contributed by atoms with E-state index in [1.807, 2.05) is 12.1 Å². The topological polar surface area (TPSA) is 84.0 Å². The minimum atomic E-state index is -0.709. The first-order chi connectivity index (χ1) is 13.0. The van der Waals surface area contributed by atoms with Crippen molar-refractivity contribution >= 4 is 28.3 Å². The van der Waals surface area contributed by atoms with Crippen LogP contribution in [0.4, 0.5) is 5.13 Å². The van der Waals surface area contributed by atoms with Gasteiger partial charge >= 0.3 is 11.8 Å². The standard InChI is InChI=1S/C20H24N4O2S/c1-13(2)15-8-10-16(11-9-15)19-23-24-20(27-19)22-18(26)17(25)21-12-14-6-4-3-5-7-14/h3-4,8-11,13-14H,5-7,12H2,1-2H3,(H,21,25)(H,22,24,26). The second-order valence-corrected chi connectivity index (χ2v) is 7.98. The zero-order valence-corrected chi connectivity index (χ0v) is 16.4. The van der Waals surface area contributed by atoms with Crippen LogP contribution in [-0.4, -0.2) is 28.6 Å². The molecule has 0 radical (unpaired) electrons. The summed E-state index contributed by atoms with van der Waals surface area (Å²) in [6.45, 7) is 4.80. The third kappa shape index (κ3) is 5.23. The number of allylic oxidation sites excluding steroid dienone is 2. The first-order valence-corrected chi connectivity index (χ1v) is 10.0. The number of rotatable bonds is 5. The van der Waals surface area contributed by atoms with Crippen molar-refractivity contribution in [3.63, 3.8) is 0 Å². The van der Waals surface area contributed by atoms with Crippen LogP contribution in [0, 0.1) is 5.92 Å². The molecule has 0 saturated carbocycles. The molecule has 6 nitrogen and oxygen atoms in total. The summed E-state index contributed by atoms with van der Waals surface area (Å²) in [5.41, 5.74) is 2.19. The Balaban J connectivity index is 1.54. The van der Waals surface area contributed by atoms with E-state index < -0.39 is 11.8 Å². The van der Waals surface area contributed by atoms with Gasteiger partial charge in [-0.15, -0.1) is 10.2 Å². The van der Waals surface area contributed by atoms with Crippen LogP contribution in [0.2, 0.25) is 0 Å². The van der Waals surface area contributed by atoms with Gasteiger partial charge in [0.15, 0.2) is 0 Å². The molecule has 0 aliphatic heterocycles. The maximum atomic E-state index is 12.1. The van der Waals surface area contributed by atoms with Crippen LogP contribution in [0.5, 0.6) is 0 Å². The number of carbonyl (C=O) groups is 2. The van der Waals surface area contributed by atoms with Crippen LogP contribution in [0.25, 0.3) is 10.6 Å². The summed E-state index contributed by atoms with van der Waals surface area (Å²) in [5, 5.41) is 14.3. The minimum Gasteiger partial charge on any atom is -0.348 e. The number of carbonyl (C=O) groups excluding carboxylic acids is 2. The van der Waals surface area contributed by atoms with Crippen molar-refractivity contribution < 1.29 is 9.59 Å². The highest BCUT2D eigenvalue weighted by molar-refractivity contribution is 7.18. The Morgan fingerprint density at radius 2 is 1.93 bits per heavy atom. The molecule has 2 N–H and O–H groups in total. The summed E-state index contributed by atoms with van der Waals surface area (Å²) >= 11 is 1.25. The molecule has 1 aromatic heterocycles. The van der Waals surface area contributed by atoms with E-state index >= 15 is 0 Å². The van der Waals surface area contributed by atoms with Gasteiger partial charge in [-0.1, -0.05) is 61.6 Å². The number of aromatic nitrogens is 2. The first kappa shape index (κ1) is 19.2. The smallest absolute Gasteiger partial charge is 0.315 e. The number of amides is 2. The number of benzene rings is 1. The zero-order chi connectivity index (χ0) is 19.2. The van der Waals surface area contributed by atoms with Crippen LogP contribution < -0.4 is 10.6 Å². The molecule has 1 aliphatic rings. The average molecular weight is 385 g/mol. The fourth-order valence-electron chi connectivity index (χ4n) is 2.91. The maximum Gasteiger partial charge on any atom is 0.315 e. The van der Waals surface area contributed by atoms with Crippen molar-refractivity contribution in [1.29, 1.82) is 0 Å². The van der Waals surface area contributed by atoms with Gasteiger partial charge < -0.3 is 5.32 Å². The number of nitrogens with zero attached hydrogens (tertiary/aromatic N) is 2. The third-order valence-electron chi connectivity index (χ3n) is 4.60. The quantitative estimate of drug-likeness (QED) is 0.608. The average Bonchev–Trinajstić information content (AvgIpc) is 3.15. The van der Waals surface area contributed by atoms with Crippen molar-refractivity contribution in [3.8, 4) is 10.6 Å². The fraction of sp³-hybridized carbons (Fsp3) is 0.400. The van der Waals surface area contributed by atoms with Gasteiger partial charge in [-0.05, 0) is 36.7 Å². The summed E-state index contributed by atoms with van der Waals surface area (Å²) < 4.78 is 0. The molecule has 2 amide bonds. The van der Waals surface area contributed by atoms with Crippen molar-refractivity contribution in [1.82, 2.24) is 15.5 Å². The molecule has 0 bridgehead atoms. The second kappa shape index (κ2) is 8.90. The molecule has 3 rings (SSSR count). The Bertz CT molecular complexity index is 827. The van der Waals surface area contributed by atoms with E-state index in [0.717, 1.165) is 24.8 Å². The molecule has 1 atom stereocenters. The predicted molar refractivity (Wildman–Crippen MR) is 108 cm³/mol. The molecule has 0 spiro atoms. The van der Waals surface area contributed by atoms with Gasteiger partial charge in [-0.2, -0.15) is 0 Å². The largest absolute Gasteiger partial charge is 0.348 e. The normalized spacial score (nSPS) is 16.3. The van der Waals surface area contributed by atoms with Crippen molar-refractivity contribution in [2.75, 3.05) is 11.9 Å². The van der Waals surface area contributed by atoms with E-state index in [4.69, 9.17) is 0 Å². The number of hydrogen-bond donors (Lipinski definition) is 2. The van der Waals surface area contributed by atoms with Crippen molar-refractivity contribution in [2.24, 2.45) is 5.92 Å². The summed E-state index contributed by atoms with van der Waals surface area (Å²) in [5.74, 6) is -0.484. The molecular weight excluding hydrogens is 360 g/mol. The van der Waals surface area contributed by atoms with E-state index in [-0.39, 0.29) is 0 Å². The molecule has 0 saturated heterocycles. The van der Waals surface area contributed by atoms with E-state index in [1.165, 1.54) is 16.9 Å². The summed E-state index contributed by atoms with van der Waals surface area (Å²) in [4.78, 5) is 24.0. The van der Waals surface area contributed by atoms with Crippen LogP contribution in [0.15, 0.2) is 36.4 Å². The van der Waals surface area contributed by atoms with E-state index in [2.05, 4.69) is 59.0 Å². The highest BCUT2D eigenvalue weighted by atomic mass is 32.1. The molecule has 0 fully saturated rings. The Labute approximate surface area is 163 Å². The van der Waals surface area contributed by atoms with Crippen LogP contribution in [0.1, 0.15) is 44.6 Å². The SMILES string of the molecule is CC(C)c1ccc(-c2nnc(NC(=O)C(=O)NCC3CC=CCC3)s2)cc1. The van der Waals surface area contributed by atoms with Crippen LogP contribution in [-0.2, 0) is 9.59 Å². The summed E-state index contributed by atoms with van der Waals surface area (Å²) in [7, 11) is 0. The molecule has 27 heavy (non-hydrogen) atoms. The van der Waals surface area contributed by atoms with E-state index in [9.17, 15) is 9.59 Å². The molecule has 142 valence electrons. The fourth-order valence-corrected chi connectivity index (χ4v) is 3.66. The van der Waals surface area contributed by atoms with Gasteiger partial charge in [0.25, 0.3) is 0 Å². The molecule has 1 unspecified atom stereocenters. The lowest BCUT2D eigenvalue weighted by molar-refractivity contribution is -0.136. The van der Waals surface area contributed by atoms with Crippen molar-refractivity contribution in [3.05, 3.63) is 42.0 Å². The van der Waals surface area contributed by atoms with Gasteiger partial charge in [0.2, 0.25) is 5.13 Å². The number of hydrogen-bond acceptors (Lipinski definition) is 5. The van der Waals surface area contributed by atoms with E-state index in [0.29, 0.717) is 28.5 Å². The highest BCUT2D eigenvalue weighted by Gasteiger charge is 2.18. The lowest BCUT2D eigenvalue weighted by Crippen LogP contribution is -2.38. The van der Waals surface area contributed by atoms with Gasteiger partial charge in [-0.25, -0.2) is 0 Å². The maximum absolute atomic E-state index is 12.1. The van der Waals surface area contributed by atoms with Gasteiger partial charge in [0.1, 0.15) is 5.01 Å². The van der Waals surface area contributed by atoms with Gasteiger partial charge in [0, 0.05) is 12.1 Å². The van der Waals surface area contributed by atoms with Gasteiger partial charge in [0.05, 0.1) is 0 Å². The minimum absolute atomic E-state index is 0.318. The third-order valence-corrected chi connectivity index (χ3v) is 5.49. The molecule has 2 aromatic rings.